The van der Waals surface area contributed by atoms with Crippen LogP contribution in [0.3, 0.4) is 0 Å². The molecule has 0 saturated heterocycles. The zero-order valence-electron chi connectivity index (χ0n) is 8.27. The van der Waals surface area contributed by atoms with Gasteiger partial charge in [0.1, 0.15) is 0 Å². The number of amides is 1. The van der Waals surface area contributed by atoms with Gasteiger partial charge in [-0.15, -0.1) is 0 Å². The van der Waals surface area contributed by atoms with E-state index in [9.17, 15) is 4.79 Å². The lowest BCUT2D eigenvalue weighted by Gasteiger charge is -2.23. The molecule has 0 atom stereocenters. The molecule has 66 valence electrons. The summed E-state index contributed by atoms with van der Waals surface area (Å²) in [5.41, 5.74) is 0.154. The molecule has 0 aliphatic rings. The third-order valence-corrected chi connectivity index (χ3v) is 2.09. The number of nitrogens with zero attached hydrogens (tertiary/aromatic N) is 1. The third kappa shape index (κ3) is 4.02. The second kappa shape index (κ2) is 3.74. The Hall–Kier alpha value is -0.530. The Morgan fingerprint density at radius 2 is 1.82 bits per heavy atom. The predicted molar refractivity (Wildman–Crippen MR) is 47.4 cm³/mol. The molecule has 1 amide bonds. The lowest BCUT2D eigenvalue weighted by Crippen LogP contribution is -2.27. The zero-order valence-corrected chi connectivity index (χ0v) is 8.27. The predicted octanol–water partition coefficient (Wildman–Crippen LogP) is 1.90. The molecule has 0 heterocycles. The van der Waals surface area contributed by atoms with E-state index < -0.39 is 0 Å². The van der Waals surface area contributed by atoms with Crippen LogP contribution in [0.5, 0.6) is 0 Å². The molecule has 0 radical (unpaired) electrons. The molecule has 0 bridgehead atoms. The van der Waals surface area contributed by atoms with Gasteiger partial charge in [-0.1, -0.05) is 27.2 Å². The van der Waals surface area contributed by atoms with E-state index in [0.717, 1.165) is 6.42 Å². The molecule has 0 aliphatic carbocycles. The summed E-state index contributed by atoms with van der Waals surface area (Å²) in [5.74, 6) is 0.219. The molecule has 0 saturated carbocycles. The molecule has 0 aromatic heterocycles. The van der Waals surface area contributed by atoms with Gasteiger partial charge in [0.25, 0.3) is 0 Å². The number of rotatable bonds is 3. The SMILES string of the molecule is CCC(C)(C)CC(=O)N(C)C. The van der Waals surface area contributed by atoms with E-state index in [4.69, 9.17) is 0 Å². The van der Waals surface area contributed by atoms with Gasteiger partial charge in [0, 0.05) is 20.5 Å². The monoisotopic (exact) mass is 157 g/mol. The summed E-state index contributed by atoms with van der Waals surface area (Å²) >= 11 is 0. The topological polar surface area (TPSA) is 20.3 Å². The Morgan fingerprint density at radius 1 is 1.36 bits per heavy atom. The lowest BCUT2D eigenvalue weighted by atomic mass is 9.86. The second-order valence-corrected chi connectivity index (χ2v) is 3.98. The van der Waals surface area contributed by atoms with Gasteiger partial charge in [0.2, 0.25) is 5.91 Å². The summed E-state index contributed by atoms with van der Waals surface area (Å²) in [7, 11) is 3.60. The number of carbonyl (C=O) groups is 1. The molecular weight excluding hydrogens is 138 g/mol. The van der Waals surface area contributed by atoms with Crippen LogP contribution in [-0.2, 0) is 4.79 Å². The fraction of sp³-hybridized carbons (Fsp3) is 0.889. The molecule has 11 heavy (non-hydrogen) atoms. The van der Waals surface area contributed by atoms with Gasteiger partial charge in [0.05, 0.1) is 0 Å². The molecule has 0 aromatic carbocycles. The van der Waals surface area contributed by atoms with Gasteiger partial charge in [-0.2, -0.15) is 0 Å². The van der Waals surface area contributed by atoms with Gasteiger partial charge >= 0.3 is 0 Å². The van der Waals surface area contributed by atoms with Gasteiger partial charge in [0.15, 0.2) is 0 Å². The number of hydrogen-bond donors (Lipinski definition) is 0. The van der Waals surface area contributed by atoms with Crippen LogP contribution in [0.2, 0.25) is 0 Å². The van der Waals surface area contributed by atoms with Crippen molar-refractivity contribution in [3.05, 3.63) is 0 Å². The standard InChI is InChI=1S/C9H19NO/c1-6-9(2,3)7-8(11)10(4)5/h6-7H2,1-5H3. The van der Waals surface area contributed by atoms with Crippen LogP contribution in [0.15, 0.2) is 0 Å². The molecule has 0 fully saturated rings. The number of carbonyl (C=O) groups excluding carboxylic acids is 1. The summed E-state index contributed by atoms with van der Waals surface area (Å²) in [6.07, 6.45) is 1.70. The van der Waals surface area contributed by atoms with Crippen molar-refractivity contribution in [2.75, 3.05) is 14.1 Å². The third-order valence-electron chi connectivity index (χ3n) is 2.09. The maximum atomic E-state index is 11.2. The Kier molecular flexibility index (Phi) is 3.56. The largest absolute Gasteiger partial charge is 0.349 e. The van der Waals surface area contributed by atoms with Gasteiger partial charge in [-0.25, -0.2) is 0 Å². The van der Waals surface area contributed by atoms with Crippen molar-refractivity contribution in [3.63, 3.8) is 0 Å². The minimum atomic E-state index is 0.154. The van der Waals surface area contributed by atoms with Gasteiger partial charge in [-0.3, -0.25) is 4.79 Å². The van der Waals surface area contributed by atoms with E-state index in [1.165, 1.54) is 0 Å². The normalized spacial score (nSPS) is 11.4. The second-order valence-electron chi connectivity index (χ2n) is 3.98. The van der Waals surface area contributed by atoms with Crippen LogP contribution in [-0.4, -0.2) is 24.9 Å². The highest BCUT2D eigenvalue weighted by atomic mass is 16.2. The van der Waals surface area contributed by atoms with Crippen LogP contribution in [0.25, 0.3) is 0 Å². The fourth-order valence-electron chi connectivity index (χ4n) is 0.692. The van der Waals surface area contributed by atoms with Crippen molar-refractivity contribution in [2.45, 2.75) is 33.6 Å². The molecule has 0 unspecified atom stereocenters. The Labute approximate surface area is 69.6 Å². The van der Waals surface area contributed by atoms with Crippen LogP contribution < -0.4 is 0 Å². The summed E-state index contributed by atoms with van der Waals surface area (Å²) in [6, 6.07) is 0. The lowest BCUT2D eigenvalue weighted by molar-refractivity contribution is -0.130. The first-order chi connectivity index (χ1) is 4.89. The molecule has 0 aliphatic heterocycles. The first kappa shape index (κ1) is 10.5. The van der Waals surface area contributed by atoms with E-state index in [1.807, 2.05) is 0 Å². The average Bonchev–Trinajstić information content (AvgIpc) is 1.87. The van der Waals surface area contributed by atoms with E-state index in [1.54, 1.807) is 19.0 Å². The van der Waals surface area contributed by atoms with Crippen molar-refractivity contribution in [2.24, 2.45) is 5.41 Å². The van der Waals surface area contributed by atoms with Crippen molar-refractivity contribution in [1.29, 1.82) is 0 Å². The van der Waals surface area contributed by atoms with Gasteiger partial charge in [-0.05, 0) is 5.41 Å². The Morgan fingerprint density at radius 3 is 2.09 bits per heavy atom. The first-order valence-corrected chi connectivity index (χ1v) is 4.09. The fourth-order valence-corrected chi connectivity index (χ4v) is 0.692. The quantitative estimate of drug-likeness (QED) is 0.612. The summed E-state index contributed by atoms with van der Waals surface area (Å²) in [6.45, 7) is 6.35. The summed E-state index contributed by atoms with van der Waals surface area (Å²) in [5, 5.41) is 0. The molecule has 0 N–H and O–H groups in total. The minimum absolute atomic E-state index is 0.154. The molecular formula is C9H19NO. The number of hydrogen-bond acceptors (Lipinski definition) is 1. The minimum Gasteiger partial charge on any atom is -0.349 e. The van der Waals surface area contributed by atoms with E-state index in [0.29, 0.717) is 6.42 Å². The molecule has 2 heteroatoms. The van der Waals surface area contributed by atoms with Crippen molar-refractivity contribution < 1.29 is 4.79 Å². The molecule has 0 spiro atoms. The maximum absolute atomic E-state index is 11.2. The van der Waals surface area contributed by atoms with Crippen LogP contribution in [0, 0.1) is 5.41 Å². The van der Waals surface area contributed by atoms with E-state index >= 15 is 0 Å². The summed E-state index contributed by atoms with van der Waals surface area (Å²) in [4.78, 5) is 12.9. The molecule has 0 rings (SSSR count). The molecule has 2 nitrogen and oxygen atoms in total. The smallest absolute Gasteiger partial charge is 0.222 e. The first-order valence-electron chi connectivity index (χ1n) is 4.09. The Balaban J connectivity index is 3.94. The van der Waals surface area contributed by atoms with Crippen LogP contribution in [0.1, 0.15) is 33.6 Å². The molecule has 0 aromatic rings. The zero-order chi connectivity index (χ0) is 9.07. The highest BCUT2D eigenvalue weighted by Crippen LogP contribution is 2.24. The van der Waals surface area contributed by atoms with Crippen molar-refractivity contribution in [1.82, 2.24) is 4.90 Å². The van der Waals surface area contributed by atoms with Crippen LogP contribution in [0.4, 0.5) is 0 Å². The van der Waals surface area contributed by atoms with E-state index in [-0.39, 0.29) is 11.3 Å². The van der Waals surface area contributed by atoms with Crippen LogP contribution >= 0.6 is 0 Å². The Bertz CT molecular complexity index is 138. The van der Waals surface area contributed by atoms with E-state index in [2.05, 4.69) is 20.8 Å². The van der Waals surface area contributed by atoms with Crippen molar-refractivity contribution in [3.8, 4) is 0 Å². The van der Waals surface area contributed by atoms with Crippen molar-refractivity contribution >= 4 is 5.91 Å². The highest BCUT2D eigenvalue weighted by Gasteiger charge is 2.20. The highest BCUT2D eigenvalue weighted by molar-refractivity contribution is 5.76. The maximum Gasteiger partial charge on any atom is 0.222 e. The average molecular weight is 157 g/mol. The summed E-state index contributed by atoms with van der Waals surface area (Å²) < 4.78 is 0. The van der Waals surface area contributed by atoms with Gasteiger partial charge < -0.3 is 4.90 Å².